The lowest BCUT2D eigenvalue weighted by Gasteiger charge is -2.30. The van der Waals surface area contributed by atoms with Crippen LogP contribution >= 0.6 is 11.6 Å². The number of hydrogen-bond acceptors (Lipinski definition) is 10. The Morgan fingerprint density at radius 1 is 1.17 bits per heavy atom. The van der Waals surface area contributed by atoms with Crippen LogP contribution in [0.3, 0.4) is 0 Å². The van der Waals surface area contributed by atoms with Crippen LogP contribution in [0.4, 0.5) is 19.8 Å². The van der Waals surface area contributed by atoms with Gasteiger partial charge in [-0.05, 0) is 37.9 Å². The van der Waals surface area contributed by atoms with Crippen LogP contribution < -0.4 is 5.32 Å². The van der Waals surface area contributed by atoms with E-state index in [2.05, 4.69) is 20.3 Å². The second-order valence-electron chi connectivity index (χ2n) is 11.6. The van der Waals surface area contributed by atoms with Gasteiger partial charge in [-0.2, -0.15) is 9.97 Å². The zero-order chi connectivity index (χ0) is 30.1. The number of carbonyl (C=O) groups excluding carboxylic acids is 2. The Balaban J connectivity index is 1.57. The van der Waals surface area contributed by atoms with Gasteiger partial charge in [-0.25, -0.2) is 19.0 Å². The molecule has 0 bridgehead atoms. The number of carbonyl (C=O) groups is 2. The number of hydrogen-bond donors (Lipinski definition) is 2. The maximum Gasteiger partial charge on any atom is 0.509 e. The topological polar surface area (TPSA) is 147 Å². The van der Waals surface area contributed by atoms with Crippen molar-refractivity contribution in [2.45, 2.75) is 77.9 Å². The molecule has 41 heavy (non-hydrogen) atoms. The van der Waals surface area contributed by atoms with Crippen LogP contribution in [0, 0.1) is 5.41 Å². The molecule has 12 nitrogen and oxygen atoms in total. The Bertz CT molecular complexity index is 1390. The quantitative estimate of drug-likeness (QED) is 0.282. The number of aliphatic hydroxyl groups excluding tert-OH is 1. The number of imidazole rings is 1. The van der Waals surface area contributed by atoms with E-state index in [4.69, 9.17) is 30.5 Å². The number of ether oxygens (including phenoxy) is 4. The van der Waals surface area contributed by atoms with E-state index in [0.29, 0.717) is 0 Å². The van der Waals surface area contributed by atoms with Gasteiger partial charge in [0.05, 0.1) is 12.9 Å². The fourth-order valence-electron chi connectivity index (χ4n) is 4.36. The predicted molar refractivity (Wildman–Crippen MR) is 146 cm³/mol. The zero-order valence-electron chi connectivity index (χ0n) is 23.5. The number of fused-ring (bicyclic) bond motifs is 1. The van der Waals surface area contributed by atoms with E-state index in [1.807, 2.05) is 51.1 Å². The SMILES string of the molecule is CC(C)(C)OC(=O)O[C@H]1[C@H](F)[C@H](n2cnc3c(NC(=O)OC(c4ccccc4)C(C)(C)C)nc(Cl)nc32)O[C@@H]1CO. The minimum atomic E-state index is -1.94. The lowest BCUT2D eigenvalue weighted by Crippen LogP contribution is -2.37. The van der Waals surface area contributed by atoms with Crippen LogP contribution in [0.1, 0.15) is 59.4 Å². The molecule has 2 N–H and O–H groups in total. The molecule has 4 rings (SSSR count). The summed E-state index contributed by atoms with van der Waals surface area (Å²) in [5.41, 5.74) is -0.400. The first-order chi connectivity index (χ1) is 19.2. The van der Waals surface area contributed by atoms with Crippen LogP contribution in [0.5, 0.6) is 0 Å². The van der Waals surface area contributed by atoms with Gasteiger partial charge in [-0.1, -0.05) is 51.1 Å². The van der Waals surface area contributed by atoms with Gasteiger partial charge in [-0.15, -0.1) is 0 Å². The fourth-order valence-corrected chi connectivity index (χ4v) is 4.52. The Morgan fingerprint density at radius 3 is 2.46 bits per heavy atom. The van der Waals surface area contributed by atoms with Crippen molar-refractivity contribution in [1.29, 1.82) is 0 Å². The number of alkyl halides is 1. The number of benzene rings is 1. The van der Waals surface area contributed by atoms with Crippen molar-refractivity contribution >= 4 is 40.8 Å². The number of anilines is 1. The zero-order valence-corrected chi connectivity index (χ0v) is 24.3. The van der Waals surface area contributed by atoms with Gasteiger partial charge < -0.3 is 24.1 Å². The van der Waals surface area contributed by atoms with Crippen molar-refractivity contribution in [2.24, 2.45) is 5.41 Å². The number of aromatic nitrogens is 4. The third-order valence-electron chi connectivity index (χ3n) is 6.07. The maximum atomic E-state index is 15.6. The first kappa shape index (κ1) is 30.4. The summed E-state index contributed by atoms with van der Waals surface area (Å²) in [5, 5.41) is 12.1. The minimum Gasteiger partial charge on any atom is -0.441 e. The largest absolute Gasteiger partial charge is 0.509 e. The summed E-state index contributed by atoms with van der Waals surface area (Å²) < 4.78 is 38.5. The van der Waals surface area contributed by atoms with Gasteiger partial charge in [0.25, 0.3) is 0 Å². The highest BCUT2D eigenvalue weighted by Crippen LogP contribution is 2.38. The summed E-state index contributed by atoms with van der Waals surface area (Å²) in [6.45, 7) is 10.1. The van der Waals surface area contributed by atoms with Gasteiger partial charge in [0, 0.05) is 5.41 Å². The molecule has 1 fully saturated rings. The Kier molecular flexibility index (Phi) is 8.71. The average molecular weight is 594 g/mol. The van der Waals surface area contributed by atoms with Crippen LogP contribution in [0.25, 0.3) is 11.2 Å². The smallest absolute Gasteiger partial charge is 0.441 e. The molecule has 14 heteroatoms. The highest BCUT2D eigenvalue weighted by molar-refractivity contribution is 6.28. The van der Waals surface area contributed by atoms with E-state index in [1.165, 1.54) is 10.9 Å². The average Bonchev–Trinajstić information content (AvgIpc) is 3.42. The van der Waals surface area contributed by atoms with E-state index in [-0.39, 0.29) is 22.3 Å². The van der Waals surface area contributed by atoms with E-state index < -0.39 is 60.6 Å². The summed E-state index contributed by atoms with van der Waals surface area (Å²) in [6.07, 6.45) is -7.31. The molecule has 2 aromatic heterocycles. The molecule has 1 amide bonds. The first-order valence-corrected chi connectivity index (χ1v) is 13.3. The van der Waals surface area contributed by atoms with Crippen LogP contribution in [0.2, 0.25) is 5.28 Å². The van der Waals surface area contributed by atoms with E-state index in [0.717, 1.165) is 5.56 Å². The Hall–Kier alpha value is -3.55. The number of amides is 1. The molecule has 0 saturated carbocycles. The number of halogens is 2. The molecule has 0 radical (unpaired) electrons. The molecule has 0 aliphatic carbocycles. The number of aliphatic hydroxyl groups is 1. The summed E-state index contributed by atoms with van der Waals surface area (Å²) in [5.74, 6) is -0.0712. The normalized spacial score (nSPS) is 21.9. The van der Waals surface area contributed by atoms with Crippen LogP contribution in [-0.4, -0.2) is 67.5 Å². The van der Waals surface area contributed by atoms with E-state index in [1.54, 1.807) is 20.8 Å². The predicted octanol–water partition coefficient (Wildman–Crippen LogP) is 5.36. The van der Waals surface area contributed by atoms with Gasteiger partial charge in [-0.3, -0.25) is 9.88 Å². The van der Waals surface area contributed by atoms with Crippen molar-refractivity contribution in [3.05, 3.63) is 47.5 Å². The number of rotatable bonds is 6. The van der Waals surface area contributed by atoms with E-state index in [9.17, 15) is 14.7 Å². The highest BCUT2D eigenvalue weighted by Gasteiger charge is 2.49. The summed E-state index contributed by atoms with van der Waals surface area (Å²) in [6, 6.07) is 9.29. The van der Waals surface area contributed by atoms with Crippen LogP contribution in [-0.2, 0) is 18.9 Å². The van der Waals surface area contributed by atoms with Crippen molar-refractivity contribution in [3.63, 3.8) is 0 Å². The molecule has 1 unspecified atom stereocenters. The third-order valence-corrected chi connectivity index (χ3v) is 6.24. The number of nitrogens with zero attached hydrogens (tertiary/aromatic N) is 4. The molecule has 3 aromatic rings. The van der Waals surface area contributed by atoms with E-state index >= 15 is 4.39 Å². The first-order valence-electron chi connectivity index (χ1n) is 12.9. The molecule has 3 heterocycles. The monoisotopic (exact) mass is 593 g/mol. The molecule has 1 aliphatic rings. The minimum absolute atomic E-state index is 0.0259. The van der Waals surface area contributed by atoms with Gasteiger partial charge >= 0.3 is 12.2 Å². The molecule has 1 aromatic carbocycles. The van der Waals surface area contributed by atoms with Crippen LogP contribution in [0.15, 0.2) is 36.7 Å². The summed E-state index contributed by atoms with van der Waals surface area (Å²) in [7, 11) is 0. The second-order valence-corrected chi connectivity index (χ2v) is 11.9. The Labute approximate surface area is 241 Å². The molecular formula is C27H33ClFN5O7. The van der Waals surface area contributed by atoms with Gasteiger partial charge in [0.15, 0.2) is 35.5 Å². The summed E-state index contributed by atoms with van der Waals surface area (Å²) >= 11 is 6.15. The molecule has 1 saturated heterocycles. The molecule has 5 atom stereocenters. The van der Waals surface area contributed by atoms with Crippen molar-refractivity contribution in [2.75, 3.05) is 11.9 Å². The van der Waals surface area contributed by atoms with Gasteiger partial charge in [0.2, 0.25) is 5.28 Å². The lowest BCUT2D eigenvalue weighted by molar-refractivity contribution is -0.0682. The highest BCUT2D eigenvalue weighted by atomic mass is 35.5. The standard InChI is InChI=1S/C27H33ClFN5O7/c1-26(2,3)19(14-10-8-7-9-11-14)40-24(36)32-20-17-21(33-23(28)31-20)34(13-30-17)22-16(29)18(15(12-35)38-22)39-25(37)41-27(4,5)6/h7-11,13,15-16,18-19,22,35H,12H2,1-6H3,(H,31,32,33,36)/t15-,16+,18-,19?,22-/m1/s1. The fraction of sp³-hybridized carbons (Fsp3) is 0.519. The van der Waals surface area contributed by atoms with Crippen molar-refractivity contribution in [1.82, 2.24) is 19.5 Å². The van der Waals surface area contributed by atoms with Crippen molar-refractivity contribution in [3.8, 4) is 0 Å². The number of nitrogens with one attached hydrogen (secondary N) is 1. The molecule has 1 aliphatic heterocycles. The molecular weight excluding hydrogens is 561 g/mol. The van der Waals surface area contributed by atoms with Gasteiger partial charge in [0.1, 0.15) is 17.8 Å². The Morgan fingerprint density at radius 2 is 1.85 bits per heavy atom. The maximum absolute atomic E-state index is 15.6. The lowest BCUT2D eigenvalue weighted by atomic mass is 9.84. The summed E-state index contributed by atoms with van der Waals surface area (Å²) in [4.78, 5) is 37.6. The molecule has 222 valence electrons. The second kappa shape index (κ2) is 11.7. The van der Waals surface area contributed by atoms with Crippen molar-refractivity contribution < 1.29 is 38.0 Å². The molecule has 0 spiro atoms. The third kappa shape index (κ3) is 7.03.